The van der Waals surface area contributed by atoms with Crippen LogP contribution in [0.25, 0.3) is 0 Å². The van der Waals surface area contributed by atoms with E-state index in [1.54, 1.807) is 17.0 Å². The lowest BCUT2D eigenvalue weighted by molar-refractivity contribution is -0.117. The lowest BCUT2D eigenvalue weighted by Gasteiger charge is -2.16. The second-order valence-electron chi connectivity index (χ2n) is 5.96. The SMILES string of the molecule is Cc1ccc(S(=O)(=O)OCC2CC(=O)N(c3ccccc3)C2)cc1. The summed E-state index contributed by atoms with van der Waals surface area (Å²) in [7, 11) is -3.79. The highest BCUT2D eigenvalue weighted by molar-refractivity contribution is 7.86. The molecular weight excluding hydrogens is 326 g/mol. The van der Waals surface area contributed by atoms with Crippen LogP contribution in [0.15, 0.2) is 59.5 Å². The second-order valence-corrected chi connectivity index (χ2v) is 7.58. The fraction of sp³-hybridized carbons (Fsp3) is 0.278. The van der Waals surface area contributed by atoms with Gasteiger partial charge in [-0.3, -0.25) is 8.98 Å². The minimum Gasteiger partial charge on any atom is -0.312 e. The summed E-state index contributed by atoms with van der Waals surface area (Å²) in [6, 6.07) is 15.9. The number of benzene rings is 2. The maximum atomic E-state index is 12.2. The van der Waals surface area contributed by atoms with Crippen molar-refractivity contribution in [2.75, 3.05) is 18.1 Å². The summed E-state index contributed by atoms with van der Waals surface area (Å²) in [5.41, 5.74) is 1.81. The van der Waals surface area contributed by atoms with Gasteiger partial charge in [0.15, 0.2) is 0 Å². The van der Waals surface area contributed by atoms with E-state index in [0.29, 0.717) is 6.54 Å². The lowest BCUT2D eigenvalue weighted by atomic mass is 10.1. The molecule has 1 saturated heterocycles. The zero-order valence-electron chi connectivity index (χ0n) is 13.4. The van der Waals surface area contributed by atoms with Crippen molar-refractivity contribution in [2.45, 2.75) is 18.2 Å². The van der Waals surface area contributed by atoms with Gasteiger partial charge >= 0.3 is 0 Å². The Morgan fingerprint density at radius 3 is 2.42 bits per heavy atom. The predicted molar refractivity (Wildman–Crippen MR) is 91.2 cm³/mol. The number of para-hydroxylation sites is 1. The van der Waals surface area contributed by atoms with Gasteiger partial charge in [-0.1, -0.05) is 35.9 Å². The fourth-order valence-corrected chi connectivity index (χ4v) is 3.69. The lowest BCUT2D eigenvalue weighted by Crippen LogP contribution is -2.25. The van der Waals surface area contributed by atoms with E-state index >= 15 is 0 Å². The van der Waals surface area contributed by atoms with Crippen LogP contribution in [-0.4, -0.2) is 27.5 Å². The van der Waals surface area contributed by atoms with Crippen molar-refractivity contribution < 1.29 is 17.4 Å². The normalized spacial score (nSPS) is 18.1. The third-order valence-electron chi connectivity index (χ3n) is 4.04. The Balaban J connectivity index is 1.63. The first kappa shape index (κ1) is 16.7. The van der Waals surface area contributed by atoms with E-state index in [1.807, 2.05) is 37.3 Å². The van der Waals surface area contributed by atoms with Gasteiger partial charge in [0.25, 0.3) is 10.1 Å². The molecule has 0 aromatic heterocycles. The van der Waals surface area contributed by atoms with Gasteiger partial charge in [-0.2, -0.15) is 8.42 Å². The van der Waals surface area contributed by atoms with Crippen LogP contribution in [0.3, 0.4) is 0 Å². The van der Waals surface area contributed by atoms with Gasteiger partial charge in [-0.15, -0.1) is 0 Å². The third-order valence-corrected chi connectivity index (χ3v) is 5.34. The van der Waals surface area contributed by atoms with Crippen LogP contribution in [0, 0.1) is 12.8 Å². The first-order valence-electron chi connectivity index (χ1n) is 7.77. The monoisotopic (exact) mass is 345 g/mol. The standard InChI is InChI=1S/C18H19NO4S/c1-14-7-9-17(10-8-14)24(21,22)23-13-15-11-18(20)19(12-15)16-5-3-2-4-6-16/h2-10,15H,11-13H2,1H3. The quantitative estimate of drug-likeness (QED) is 0.782. The summed E-state index contributed by atoms with van der Waals surface area (Å²) in [5.74, 6) is -0.152. The van der Waals surface area contributed by atoms with Crippen molar-refractivity contribution in [3.05, 3.63) is 60.2 Å². The number of anilines is 1. The number of hydrogen-bond donors (Lipinski definition) is 0. The number of rotatable bonds is 5. The van der Waals surface area contributed by atoms with Gasteiger partial charge in [0, 0.05) is 24.6 Å². The summed E-state index contributed by atoms with van der Waals surface area (Å²) in [5, 5.41) is 0. The molecule has 5 nitrogen and oxygen atoms in total. The Bertz CT molecular complexity index is 816. The Morgan fingerprint density at radius 1 is 1.08 bits per heavy atom. The van der Waals surface area contributed by atoms with Gasteiger partial charge in [-0.25, -0.2) is 0 Å². The molecule has 0 aliphatic carbocycles. The summed E-state index contributed by atoms with van der Waals surface area (Å²) < 4.78 is 29.6. The molecule has 1 unspecified atom stereocenters. The minimum absolute atomic E-state index is 0.00524. The van der Waals surface area contributed by atoms with Crippen molar-refractivity contribution in [1.29, 1.82) is 0 Å². The summed E-state index contributed by atoms with van der Waals surface area (Å²) in [4.78, 5) is 13.9. The topological polar surface area (TPSA) is 63.7 Å². The highest BCUT2D eigenvalue weighted by Crippen LogP contribution is 2.26. The molecule has 0 N–H and O–H groups in total. The van der Waals surface area contributed by atoms with Crippen LogP contribution in [0.5, 0.6) is 0 Å². The second kappa shape index (κ2) is 6.75. The molecule has 0 bridgehead atoms. The van der Waals surface area contributed by atoms with E-state index in [4.69, 9.17) is 4.18 Å². The third kappa shape index (κ3) is 3.66. The Hall–Kier alpha value is -2.18. The van der Waals surface area contributed by atoms with Crippen LogP contribution in [-0.2, 0) is 19.1 Å². The van der Waals surface area contributed by atoms with Gasteiger partial charge < -0.3 is 4.90 Å². The van der Waals surface area contributed by atoms with E-state index in [2.05, 4.69) is 0 Å². The van der Waals surface area contributed by atoms with Gasteiger partial charge in [0.05, 0.1) is 11.5 Å². The Labute approximate surface area is 142 Å². The maximum absolute atomic E-state index is 12.2. The van der Waals surface area contributed by atoms with E-state index in [0.717, 1.165) is 11.3 Å². The zero-order valence-corrected chi connectivity index (χ0v) is 14.2. The van der Waals surface area contributed by atoms with Crippen molar-refractivity contribution in [1.82, 2.24) is 0 Å². The van der Waals surface area contributed by atoms with Crippen LogP contribution < -0.4 is 4.90 Å². The zero-order chi connectivity index (χ0) is 17.2. The molecule has 0 radical (unpaired) electrons. The average molecular weight is 345 g/mol. The molecule has 1 fully saturated rings. The van der Waals surface area contributed by atoms with Crippen LogP contribution in [0.2, 0.25) is 0 Å². The molecule has 24 heavy (non-hydrogen) atoms. The van der Waals surface area contributed by atoms with Crippen molar-refractivity contribution in [3.63, 3.8) is 0 Å². The van der Waals surface area contributed by atoms with Gasteiger partial charge in [0.2, 0.25) is 5.91 Å². The van der Waals surface area contributed by atoms with Crippen molar-refractivity contribution in [3.8, 4) is 0 Å². The molecule has 1 atom stereocenters. The molecule has 1 aliphatic heterocycles. The summed E-state index contributed by atoms with van der Waals surface area (Å²) in [6.45, 7) is 2.36. The first-order valence-corrected chi connectivity index (χ1v) is 9.18. The highest BCUT2D eigenvalue weighted by atomic mass is 32.2. The number of hydrogen-bond acceptors (Lipinski definition) is 4. The smallest absolute Gasteiger partial charge is 0.296 e. The van der Waals surface area contributed by atoms with Crippen LogP contribution in [0.1, 0.15) is 12.0 Å². The molecule has 3 rings (SSSR count). The fourth-order valence-electron chi connectivity index (χ4n) is 2.71. The number of amides is 1. The number of aryl methyl sites for hydroxylation is 1. The predicted octanol–water partition coefficient (Wildman–Crippen LogP) is 2.75. The number of nitrogens with zero attached hydrogens (tertiary/aromatic N) is 1. The molecule has 6 heteroatoms. The maximum Gasteiger partial charge on any atom is 0.296 e. The Morgan fingerprint density at radius 2 is 1.75 bits per heavy atom. The molecule has 0 saturated carbocycles. The van der Waals surface area contributed by atoms with Crippen LogP contribution in [0.4, 0.5) is 5.69 Å². The van der Waals surface area contributed by atoms with E-state index < -0.39 is 10.1 Å². The highest BCUT2D eigenvalue weighted by Gasteiger charge is 2.32. The number of carbonyl (C=O) groups is 1. The molecular formula is C18H19NO4S. The minimum atomic E-state index is -3.79. The van der Waals surface area contributed by atoms with E-state index in [9.17, 15) is 13.2 Å². The molecule has 2 aromatic carbocycles. The van der Waals surface area contributed by atoms with Crippen molar-refractivity contribution in [2.24, 2.45) is 5.92 Å². The molecule has 2 aromatic rings. The molecule has 1 amide bonds. The molecule has 1 heterocycles. The Kier molecular flexibility index (Phi) is 4.69. The molecule has 0 spiro atoms. The van der Waals surface area contributed by atoms with Crippen LogP contribution >= 0.6 is 0 Å². The van der Waals surface area contributed by atoms with E-state index in [1.165, 1.54) is 12.1 Å². The number of carbonyl (C=O) groups excluding carboxylic acids is 1. The summed E-state index contributed by atoms with van der Waals surface area (Å²) >= 11 is 0. The average Bonchev–Trinajstić information content (AvgIpc) is 2.95. The van der Waals surface area contributed by atoms with Gasteiger partial charge in [-0.05, 0) is 31.2 Å². The van der Waals surface area contributed by atoms with E-state index in [-0.39, 0.29) is 29.7 Å². The molecule has 1 aliphatic rings. The summed E-state index contributed by atoms with van der Waals surface area (Å²) in [6.07, 6.45) is 0.290. The van der Waals surface area contributed by atoms with Gasteiger partial charge in [0.1, 0.15) is 0 Å². The first-order chi connectivity index (χ1) is 11.5. The molecule has 126 valence electrons. The largest absolute Gasteiger partial charge is 0.312 e. The van der Waals surface area contributed by atoms with Crippen molar-refractivity contribution >= 4 is 21.7 Å².